The van der Waals surface area contributed by atoms with Crippen LogP contribution in [0.2, 0.25) is 5.15 Å². The molecule has 6 nitrogen and oxygen atoms in total. The van der Waals surface area contributed by atoms with E-state index >= 15 is 0 Å². The van der Waals surface area contributed by atoms with Crippen molar-refractivity contribution in [3.63, 3.8) is 0 Å². The summed E-state index contributed by atoms with van der Waals surface area (Å²) < 4.78 is 4.91. The number of halogens is 1. The third-order valence-corrected chi connectivity index (χ3v) is 2.86. The second-order valence-corrected chi connectivity index (χ2v) is 4.18. The van der Waals surface area contributed by atoms with Crippen molar-refractivity contribution < 1.29 is 9.53 Å². The molecular formula is C11H12ClN4O2. The summed E-state index contributed by atoms with van der Waals surface area (Å²) in [6.45, 7) is 3.51. The van der Waals surface area contributed by atoms with Crippen molar-refractivity contribution >= 4 is 29.2 Å². The standard InChI is InChI=1S/C11H12ClN4O2/c1-2-3-4-7(18-6-17)10-15-8-9(12)13-5-14-11(8)16-10/h5,7H,2-4H2,1H3,(H,13,14,15,16). The lowest BCUT2D eigenvalue weighted by Gasteiger charge is -2.10. The van der Waals surface area contributed by atoms with Crippen LogP contribution in [0.3, 0.4) is 0 Å². The van der Waals surface area contributed by atoms with E-state index in [1.54, 1.807) is 0 Å². The third-order valence-electron chi connectivity index (χ3n) is 2.58. The van der Waals surface area contributed by atoms with Crippen LogP contribution in [0.4, 0.5) is 0 Å². The first kappa shape index (κ1) is 12.8. The summed E-state index contributed by atoms with van der Waals surface area (Å²) in [5.74, 6) is 0.518. The van der Waals surface area contributed by atoms with Gasteiger partial charge in [0, 0.05) is 0 Å². The maximum atomic E-state index is 10.4. The van der Waals surface area contributed by atoms with E-state index in [0.29, 0.717) is 28.6 Å². The van der Waals surface area contributed by atoms with Gasteiger partial charge in [-0.3, -0.25) is 0 Å². The fourth-order valence-corrected chi connectivity index (χ4v) is 1.84. The summed E-state index contributed by atoms with van der Waals surface area (Å²) in [4.78, 5) is 25.5. The highest BCUT2D eigenvalue weighted by atomic mass is 35.5. The first-order valence-electron chi connectivity index (χ1n) is 5.65. The average Bonchev–Trinajstić information content (AvgIpc) is 2.80. The molecule has 0 aliphatic heterocycles. The highest BCUT2D eigenvalue weighted by molar-refractivity contribution is 6.33. The lowest BCUT2D eigenvalue weighted by Crippen LogP contribution is -2.05. The molecule has 0 aromatic carbocycles. The van der Waals surface area contributed by atoms with Crippen LogP contribution in [-0.4, -0.2) is 26.4 Å². The quantitative estimate of drug-likeness (QED) is 0.813. The summed E-state index contributed by atoms with van der Waals surface area (Å²) >= 11 is 5.92. The summed E-state index contributed by atoms with van der Waals surface area (Å²) in [6, 6.07) is 0. The van der Waals surface area contributed by atoms with Crippen LogP contribution in [0.25, 0.3) is 11.2 Å². The van der Waals surface area contributed by atoms with E-state index in [0.717, 1.165) is 12.8 Å². The van der Waals surface area contributed by atoms with Gasteiger partial charge in [0.1, 0.15) is 11.8 Å². The molecule has 1 radical (unpaired) electrons. The van der Waals surface area contributed by atoms with Crippen LogP contribution in [-0.2, 0) is 9.53 Å². The Bertz CT molecular complexity index is 543. The van der Waals surface area contributed by atoms with Gasteiger partial charge in [-0.25, -0.2) is 19.7 Å². The molecule has 2 aromatic rings. The topological polar surface area (TPSA) is 80.8 Å². The number of unbranched alkanes of at least 4 members (excludes halogenated alkanes) is 1. The van der Waals surface area contributed by atoms with E-state index in [1.807, 2.05) is 0 Å². The van der Waals surface area contributed by atoms with Gasteiger partial charge in [0.05, 0.1) is 0 Å². The number of hydrogen-bond acceptors (Lipinski definition) is 5. The highest BCUT2D eigenvalue weighted by Gasteiger charge is 2.18. The van der Waals surface area contributed by atoms with Gasteiger partial charge >= 0.3 is 6.47 Å². The molecule has 18 heavy (non-hydrogen) atoms. The lowest BCUT2D eigenvalue weighted by atomic mass is 10.1. The summed E-state index contributed by atoms with van der Waals surface area (Å²) in [7, 11) is 0. The molecule has 0 spiro atoms. The zero-order valence-electron chi connectivity index (χ0n) is 9.81. The molecule has 0 saturated heterocycles. The molecule has 0 amide bonds. The largest absolute Gasteiger partial charge is 0.446 e. The van der Waals surface area contributed by atoms with E-state index in [1.165, 1.54) is 12.8 Å². The summed E-state index contributed by atoms with van der Waals surface area (Å²) in [6.07, 6.45) is 3.48. The second-order valence-electron chi connectivity index (χ2n) is 3.82. The number of H-pyrrole nitrogens is 1. The molecule has 0 aliphatic carbocycles. The molecule has 1 atom stereocenters. The van der Waals surface area contributed by atoms with Crippen molar-refractivity contribution in [1.82, 2.24) is 19.9 Å². The van der Waals surface area contributed by atoms with Gasteiger partial charge in [0.15, 0.2) is 22.7 Å². The number of aromatic nitrogens is 4. The van der Waals surface area contributed by atoms with Crippen LogP contribution in [0, 0.1) is 0 Å². The number of fused-ring (bicyclic) bond motifs is 1. The number of carbonyl (C=O) groups excluding carboxylic acids is 1. The van der Waals surface area contributed by atoms with Crippen LogP contribution in [0.1, 0.15) is 38.1 Å². The first-order valence-corrected chi connectivity index (χ1v) is 6.03. The van der Waals surface area contributed by atoms with Crippen molar-refractivity contribution in [2.45, 2.75) is 32.3 Å². The third kappa shape index (κ3) is 2.59. The molecule has 7 heteroatoms. The van der Waals surface area contributed by atoms with Crippen LogP contribution in [0.5, 0.6) is 0 Å². The molecule has 95 valence electrons. The number of rotatable bonds is 6. The molecule has 0 aliphatic rings. The monoisotopic (exact) mass is 267 g/mol. The van der Waals surface area contributed by atoms with Gasteiger partial charge in [-0.1, -0.05) is 24.9 Å². The van der Waals surface area contributed by atoms with Gasteiger partial charge in [0.2, 0.25) is 0 Å². The lowest BCUT2D eigenvalue weighted by molar-refractivity contribution is 0.159. The van der Waals surface area contributed by atoms with Gasteiger partial charge in [-0.15, -0.1) is 0 Å². The SMILES string of the molecule is CCCCC(O[C]=O)c1nc2ncnc(Cl)c2[nH]1. The predicted octanol–water partition coefficient (Wildman–Crippen LogP) is 2.32. The summed E-state index contributed by atoms with van der Waals surface area (Å²) in [5.41, 5.74) is 1.01. The van der Waals surface area contributed by atoms with E-state index in [2.05, 4.69) is 26.9 Å². The van der Waals surface area contributed by atoms with E-state index in [9.17, 15) is 4.79 Å². The Kier molecular flexibility index (Phi) is 4.09. The molecule has 0 saturated carbocycles. The second kappa shape index (κ2) is 5.77. The van der Waals surface area contributed by atoms with Crippen molar-refractivity contribution in [2.75, 3.05) is 0 Å². The van der Waals surface area contributed by atoms with E-state index in [-0.39, 0.29) is 0 Å². The molecule has 2 aromatic heterocycles. The van der Waals surface area contributed by atoms with Crippen molar-refractivity contribution in [1.29, 1.82) is 0 Å². The fourth-order valence-electron chi connectivity index (χ4n) is 1.67. The maximum Gasteiger partial charge on any atom is 0.418 e. The minimum Gasteiger partial charge on any atom is -0.446 e. The molecule has 2 heterocycles. The van der Waals surface area contributed by atoms with Gasteiger partial charge < -0.3 is 9.72 Å². The van der Waals surface area contributed by atoms with Crippen LogP contribution >= 0.6 is 11.6 Å². The average molecular weight is 268 g/mol. The first-order chi connectivity index (χ1) is 8.76. The summed E-state index contributed by atoms with van der Waals surface area (Å²) in [5, 5.41) is 0.295. The number of aromatic amines is 1. The van der Waals surface area contributed by atoms with Crippen molar-refractivity contribution in [2.24, 2.45) is 0 Å². The van der Waals surface area contributed by atoms with Crippen LogP contribution in [0.15, 0.2) is 6.33 Å². The Balaban J connectivity index is 2.32. The zero-order chi connectivity index (χ0) is 13.0. The van der Waals surface area contributed by atoms with E-state index < -0.39 is 6.10 Å². The van der Waals surface area contributed by atoms with Crippen molar-refractivity contribution in [3.05, 3.63) is 17.3 Å². The highest BCUT2D eigenvalue weighted by Crippen LogP contribution is 2.24. The van der Waals surface area contributed by atoms with E-state index in [4.69, 9.17) is 16.3 Å². The number of nitrogens with one attached hydrogen (secondary N) is 1. The van der Waals surface area contributed by atoms with Gasteiger partial charge in [0.25, 0.3) is 0 Å². The molecular weight excluding hydrogens is 256 g/mol. The molecule has 0 bridgehead atoms. The fraction of sp³-hybridized carbons (Fsp3) is 0.455. The molecule has 1 N–H and O–H groups in total. The van der Waals surface area contributed by atoms with Gasteiger partial charge in [-0.2, -0.15) is 0 Å². The van der Waals surface area contributed by atoms with Crippen LogP contribution < -0.4 is 0 Å². The molecule has 0 fully saturated rings. The number of ether oxygens (including phenoxy) is 1. The smallest absolute Gasteiger partial charge is 0.418 e. The Morgan fingerprint density at radius 3 is 3.06 bits per heavy atom. The minimum atomic E-state index is -0.451. The predicted molar refractivity (Wildman–Crippen MR) is 65.7 cm³/mol. The Hall–Kier alpha value is -1.69. The number of nitrogens with zero attached hydrogens (tertiary/aromatic N) is 3. The normalized spacial score (nSPS) is 12.6. The zero-order valence-corrected chi connectivity index (χ0v) is 10.6. The Morgan fingerprint density at radius 2 is 2.39 bits per heavy atom. The number of hydrogen-bond donors (Lipinski definition) is 1. The Morgan fingerprint density at radius 1 is 1.56 bits per heavy atom. The van der Waals surface area contributed by atoms with Gasteiger partial charge in [-0.05, 0) is 12.8 Å². The van der Waals surface area contributed by atoms with Crippen molar-refractivity contribution in [3.8, 4) is 0 Å². The Labute approximate surface area is 109 Å². The number of imidazole rings is 1. The minimum absolute atomic E-state index is 0.295. The molecule has 1 unspecified atom stereocenters. The maximum absolute atomic E-state index is 10.4. The molecule has 2 rings (SSSR count).